The Hall–Kier alpha value is -4.18. The molecule has 0 saturated heterocycles. The Bertz CT molecular complexity index is 2180. The predicted molar refractivity (Wildman–Crippen MR) is 224 cm³/mol. The van der Waals surface area contributed by atoms with E-state index in [2.05, 4.69) is 96.4 Å². The van der Waals surface area contributed by atoms with Crippen molar-refractivity contribution in [2.45, 2.75) is 125 Å². The summed E-state index contributed by atoms with van der Waals surface area (Å²) in [7, 11) is 0. The summed E-state index contributed by atoms with van der Waals surface area (Å²) < 4.78 is 6.13. The molecule has 10 heteroatoms. The van der Waals surface area contributed by atoms with Crippen molar-refractivity contribution in [3.63, 3.8) is 0 Å². The topological polar surface area (TPSA) is 143 Å². The standard InChI is InChI=1S/C48H63N7O3/c1-29(2)34-16-22-48(24-23-46(6)35(40(34)48)14-15-37-45(5)20-18-38(56)44(3,4)36(45)17-21-47(37,46)7)43(57)49-25-19-30-10-8-13-33(26-30)42-53-50-39(58-42)28-31-11-9-12-32(27-31)41-51-54-55-52-41/h8-13,26-27,34-38,40,56H,1,14-25,28H2,2-7H3,(H,49,57)(H,51,52,54,55)/t34-,35?,36?,37?,38-,40?,45-,46+,47+,48-/m0/s1. The molecule has 3 N–H and O–H groups in total. The Balaban J connectivity index is 0.887. The van der Waals surface area contributed by atoms with Crippen molar-refractivity contribution in [3.8, 4) is 22.8 Å². The second-order valence-electron chi connectivity index (χ2n) is 20.5. The molecule has 2 heterocycles. The number of benzene rings is 2. The van der Waals surface area contributed by atoms with Crippen molar-refractivity contribution in [3.05, 3.63) is 77.7 Å². The van der Waals surface area contributed by atoms with Gasteiger partial charge in [-0.1, -0.05) is 77.1 Å². The number of hydrogen-bond donors (Lipinski definition) is 3. The highest BCUT2D eigenvalue weighted by Gasteiger charge is 2.71. The van der Waals surface area contributed by atoms with Crippen molar-refractivity contribution >= 4 is 5.91 Å². The van der Waals surface area contributed by atoms with Gasteiger partial charge in [0, 0.05) is 17.7 Å². The van der Waals surface area contributed by atoms with Crippen molar-refractivity contribution in [2.75, 3.05) is 6.54 Å². The van der Waals surface area contributed by atoms with Gasteiger partial charge in [0.15, 0.2) is 0 Å². The van der Waals surface area contributed by atoms with E-state index in [1.807, 2.05) is 36.4 Å². The highest BCUT2D eigenvalue weighted by molar-refractivity contribution is 5.84. The number of H-pyrrole nitrogens is 1. The lowest BCUT2D eigenvalue weighted by molar-refractivity contribution is -0.246. The van der Waals surface area contributed by atoms with E-state index >= 15 is 0 Å². The smallest absolute Gasteiger partial charge is 0.247 e. The van der Waals surface area contributed by atoms with Gasteiger partial charge < -0.3 is 14.8 Å². The van der Waals surface area contributed by atoms with Gasteiger partial charge in [-0.3, -0.25) is 4.79 Å². The van der Waals surface area contributed by atoms with Crippen molar-refractivity contribution in [2.24, 2.45) is 56.7 Å². The normalized spacial score (nSPS) is 36.3. The van der Waals surface area contributed by atoms with E-state index in [9.17, 15) is 9.90 Å². The van der Waals surface area contributed by atoms with Crippen molar-refractivity contribution < 1.29 is 14.3 Å². The minimum atomic E-state index is -0.345. The Labute approximate surface area is 343 Å². The molecule has 0 aliphatic heterocycles. The molecular weight excluding hydrogens is 723 g/mol. The van der Waals surface area contributed by atoms with Gasteiger partial charge in [-0.2, -0.15) is 5.21 Å². The summed E-state index contributed by atoms with van der Waals surface area (Å²) >= 11 is 0. The molecular formula is C48H63N7O3. The van der Waals surface area contributed by atoms with E-state index in [4.69, 9.17) is 4.42 Å². The lowest BCUT2D eigenvalue weighted by Crippen LogP contribution is -2.67. The Morgan fingerprint density at radius 2 is 1.64 bits per heavy atom. The maximum Gasteiger partial charge on any atom is 0.247 e. The first kappa shape index (κ1) is 39.3. The second kappa shape index (κ2) is 14.2. The van der Waals surface area contributed by atoms with Crippen LogP contribution in [0.3, 0.4) is 0 Å². The number of amides is 1. The van der Waals surface area contributed by atoms with Gasteiger partial charge in [0.1, 0.15) is 0 Å². The van der Waals surface area contributed by atoms with Gasteiger partial charge in [-0.05, 0) is 163 Å². The third-order valence-corrected chi connectivity index (χ3v) is 17.7. The number of nitrogens with one attached hydrogen (secondary N) is 2. The molecule has 0 bridgehead atoms. The molecule has 5 saturated carbocycles. The van der Waals surface area contributed by atoms with Crippen LogP contribution in [-0.2, 0) is 17.6 Å². The van der Waals surface area contributed by atoms with Crippen LogP contribution in [0.2, 0.25) is 0 Å². The number of tetrazole rings is 1. The Morgan fingerprint density at radius 1 is 0.862 bits per heavy atom. The Morgan fingerprint density at radius 3 is 2.41 bits per heavy atom. The maximum atomic E-state index is 14.8. The predicted octanol–water partition coefficient (Wildman–Crippen LogP) is 9.18. The molecule has 0 spiro atoms. The highest BCUT2D eigenvalue weighted by Crippen LogP contribution is 2.77. The number of aromatic nitrogens is 6. The first-order valence-electron chi connectivity index (χ1n) is 22.1. The minimum Gasteiger partial charge on any atom is -0.420 e. The third-order valence-electron chi connectivity index (χ3n) is 17.7. The van der Waals surface area contributed by atoms with Crippen LogP contribution in [0.5, 0.6) is 0 Å². The van der Waals surface area contributed by atoms with E-state index in [1.54, 1.807) is 0 Å². The molecule has 5 aliphatic carbocycles. The van der Waals surface area contributed by atoms with Gasteiger partial charge in [-0.15, -0.1) is 20.4 Å². The molecule has 0 radical (unpaired) electrons. The number of aliphatic hydroxyl groups excluding tert-OH is 1. The third kappa shape index (κ3) is 6.04. The summed E-state index contributed by atoms with van der Waals surface area (Å²) in [5, 5.41) is 37.7. The fourth-order valence-electron chi connectivity index (χ4n) is 14.6. The number of fused-ring (bicyclic) bond motifs is 7. The molecule has 10 nitrogen and oxygen atoms in total. The van der Waals surface area contributed by atoms with Crippen molar-refractivity contribution in [1.82, 2.24) is 36.1 Å². The molecule has 1 amide bonds. The number of nitrogens with zero attached hydrogens (tertiary/aromatic N) is 5. The summed E-state index contributed by atoms with van der Waals surface area (Å²) in [6, 6.07) is 16.1. The van der Waals surface area contributed by atoms with Gasteiger partial charge in [-0.25, -0.2) is 0 Å². The molecule has 10 atom stereocenters. The fraction of sp³-hybridized carbons (Fsp3) is 0.625. The summed E-state index contributed by atoms with van der Waals surface area (Å²) in [6.45, 7) is 19.9. The largest absolute Gasteiger partial charge is 0.420 e. The zero-order chi connectivity index (χ0) is 40.7. The van der Waals surface area contributed by atoms with Gasteiger partial charge in [0.25, 0.3) is 0 Å². The van der Waals surface area contributed by atoms with E-state index in [0.29, 0.717) is 60.2 Å². The van der Waals surface area contributed by atoms with Crippen LogP contribution < -0.4 is 5.32 Å². The first-order chi connectivity index (χ1) is 27.7. The van der Waals surface area contributed by atoms with Crippen LogP contribution >= 0.6 is 0 Å². The van der Waals surface area contributed by atoms with E-state index in [1.165, 1.54) is 31.3 Å². The van der Waals surface area contributed by atoms with Crippen LogP contribution in [0.15, 0.2) is 65.1 Å². The lowest BCUT2D eigenvalue weighted by Gasteiger charge is -2.72. The van der Waals surface area contributed by atoms with Crippen LogP contribution in [0.1, 0.15) is 123 Å². The molecule has 5 aliphatic rings. The molecule has 4 unspecified atom stereocenters. The number of rotatable bonds is 9. The van der Waals surface area contributed by atoms with Crippen LogP contribution in [0.4, 0.5) is 0 Å². The minimum absolute atomic E-state index is 0.0492. The summed E-state index contributed by atoms with van der Waals surface area (Å²) in [5.74, 6) is 4.22. The number of aromatic amines is 1. The molecule has 58 heavy (non-hydrogen) atoms. The lowest BCUT2D eigenvalue weighted by atomic mass is 9.32. The molecule has 308 valence electrons. The fourth-order valence-corrected chi connectivity index (χ4v) is 14.6. The van der Waals surface area contributed by atoms with Crippen LogP contribution in [0, 0.1) is 56.7 Å². The van der Waals surface area contributed by atoms with Crippen LogP contribution in [-0.4, -0.2) is 54.5 Å². The zero-order valence-electron chi connectivity index (χ0n) is 35.5. The number of aliphatic hydroxyl groups is 1. The summed E-state index contributed by atoms with van der Waals surface area (Å²) in [6.07, 6.45) is 12.0. The van der Waals surface area contributed by atoms with Gasteiger partial charge in [0.2, 0.25) is 23.5 Å². The first-order valence-corrected chi connectivity index (χ1v) is 22.1. The molecule has 4 aromatic rings. The molecule has 2 aromatic carbocycles. The number of carbonyl (C=O) groups excluding carboxylic acids is 1. The maximum absolute atomic E-state index is 14.8. The van der Waals surface area contributed by atoms with Crippen LogP contribution in [0.25, 0.3) is 22.8 Å². The zero-order valence-corrected chi connectivity index (χ0v) is 35.5. The number of allylic oxidation sites excluding steroid dienone is 1. The quantitative estimate of drug-likeness (QED) is 0.143. The van der Waals surface area contributed by atoms with Crippen molar-refractivity contribution in [1.29, 1.82) is 0 Å². The summed E-state index contributed by atoms with van der Waals surface area (Å²) in [4.78, 5) is 14.8. The molecule has 2 aromatic heterocycles. The van der Waals surface area contributed by atoms with Gasteiger partial charge >= 0.3 is 0 Å². The molecule has 5 fully saturated rings. The molecule has 9 rings (SSSR count). The number of hydrogen-bond acceptors (Lipinski definition) is 8. The monoisotopic (exact) mass is 785 g/mol. The average molecular weight is 786 g/mol. The Kier molecular flexibility index (Phi) is 9.64. The highest BCUT2D eigenvalue weighted by atomic mass is 16.4. The SMILES string of the molecule is C=C(C)[C@@H]1CC[C@]2(C(=O)NCCc3cccc(-c4nnc(Cc5cccc(-c6nn[nH]n6)c5)o4)c3)CC[C@]3(C)C(CCC4[C@@]5(C)CC[C@H](O)C(C)(C)C5CC[C@]43C)C12. The van der Waals surface area contributed by atoms with E-state index in [0.717, 1.165) is 67.2 Å². The average Bonchev–Trinajstić information content (AvgIpc) is 3.99. The second-order valence-corrected chi connectivity index (χ2v) is 20.5. The van der Waals surface area contributed by atoms with E-state index < -0.39 is 0 Å². The number of carbonyl (C=O) groups is 1. The van der Waals surface area contributed by atoms with E-state index in [-0.39, 0.29) is 39.1 Å². The summed E-state index contributed by atoms with van der Waals surface area (Å²) in [5.41, 5.74) is 5.36. The van der Waals surface area contributed by atoms with Gasteiger partial charge in [0.05, 0.1) is 17.9 Å².